The van der Waals surface area contributed by atoms with Crippen molar-refractivity contribution in [2.75, 3.05) is 7.05 Å². The van der Waals surface area contributed by atoms with Crippen LogP contribution in [0.5, 0.6) is 0 Å². The Bertz CT molecular complexity index is 552. The zero-order chi connectivity index (χ0) is 12.5. The number of fused-ring (bicyclic) bond motifs is 1. The van der Waals surface area contributed by atoms with E-state index in [9.17, 15) is 0 Å². The third-order valence-corrected chi connectivity index (χ3v) is 3.91. The molecule has 0 radical (unpaired) electrons. The summed E-state index contributed by atoms with van der Waals surface area (Å²) in [5.74, 6) is 0.652. The maximum Gasteiger partial charge on any atom is 0.154 e. The summed E-state index contributed by atoms with van der Waals surface area (Å²) in [5.41, 5.74) is 4.43. The van der Waals surface area contributed by atoms with Gasteiger partial charge in [0.1, 0.15) is 0 Å². The Labute approximate surface area is 107 Å². The molecule has 3 rings (SSSR count). The lowest BCUT2D eigenvalue weighted by molar-refractivity contribution is 0.656. The molecule has 1 N–H and O–H groups in total. The largest absolute Gasteiger partial charge is 0.314 e. The molecule has 0 spiro atoms. The second kappa shape index (κ2) is 4.69. The van der Waals surface area contributed by atoms with Crippen molar-refractivity contribution < 1.29 is 0 Å². The van der Waals surface area contributed by atoms with Crippen molar-refractivity contribution in [2.24, 2.45) is 0 Å². The van der Waals surface area contributed by atoms with Crippen LogP contribution in [-0.4, -0.2) is 21.6 Å². The molecule has 96 valence electrons. The van der Waals surface area contributed by atoms with Gasteiger partial charge in [0.25, 0.3) is 0 Å². The summed E-state index contributed by atoms with van der Waals surface area (Å²) in [6.45, 7) is 2.87. The quantitative estimate of drug-likeness (QED) is 0.901. The number of hydrogen-bond donors (Lipinski definition) is 1. The number of nitrogens with zero attached hydrogens (tertiary/aromatic N) is 3. The second-order valence-electron chi connectivity index (χ2n) is 5.18. The Hall–Kier alpha value is -1.42. The molecular weight excluding hydrogens is 224 g/mol. The maximum atomic E-state index is 4.81. The highest BCUT2D eigenvalue weighted by Crippen LogP contribution is 2.32. The topological polar surface area (TPSA) is 42.2 Å². The van der Waals surface area contributed by atoms with E-state index in [0.29, 0.717) is 5.92 Å². The van der Waals surface area contributed by atoms with Crippen LogP contribution in [0.15, 0.2) is 12.1 Å². The normalized spacial score (nSPS) is 16.8. The second-order valence-corrected chi connectivity index (χ2v) is 5.18. The summed E-state index contributed by atoms with van der Waals surface area (Å²) >= 11 is 0. The van der Waals surface area contributed by atoms with Crippen molar-refractivity contribution >= 4 is 5.65 Å². The summed E-state index contributed by atoms with van der Waals surface area (Å²) < 4.78 is 2.01. The molecule has 0 atom stereocenters. The molecule has 18 heavy (non-hydrogen) atoms. The van der Waals surface area contributed by atoms with Crippen molar-refractivity contribution in [3.8, 4) is 0 Å². The summed E-state index contributed by atoms with van der Waals surface area (Å²) in [7, 11) is 1.96. The zero-order valence-corrected chi connectivity index (χ0v) is 11.1. The van der Waals surface area contributed by atoms with Crippen LogP contribution >= 0.6 is 0 Å². The minimum absolute atomic E-state index is 0.652. The standard InChI is InChI=1S/C14H20N4/c1-10-13(9-15-2)18-14(16-10)8-7-12(17-18)11-5-3-4-6-11/h7-8,11,15H,3-6,9H2,1-2H3. The van der Waals surface area contributed by atoms with Gasteiger partial charge >= 0.3 is 0 Å². The van der Waals surface area contributed by atoms with Crippen molar-refractivity contribution in [3.05, 3.63) is 29.2 Å². The molecule has 2 heterocycles. The fourth-order valence-electron chi connectivity index (χ4n) is 2.91. The van der Waals surface area contributed by atoms with Crippen LogP contribution in [0.2, 0.25) is 0 Å². The average molecular weight is 244 g/mol. The fourth-order valence-corrected chi connectivity index (χ4v) is 2.91. The number of aryl methyl sites for hydroxylation is 1. The Morgan fingerprint density at radius 1 is 1.33 bits per heavy atom. The van der Waals surface area contributed by atoms with Crippen LogP contribution in [0.3, 0.4) is 0 Å². The van der Waals surface area contributed by atoms with Gasteiger partial charge in [0.15, 0.2) is 5.65 Å². The smallest absolute Gasteiger partial charge is 0.154 e. The van der Waals surface area contributed by atoms with Gasteiger partial charge in [-0.1, -0.05) is 12.8 Å². The van der Waals surface area contributed by atoms with Gasteiger partial charge in [0.05, 0.1) is 17.1 Å². The predicted octanol–water partition coefficient (Wildman–Crippen LogP) is 2.41. The van der Waals surface area contributed by atoms with E-state index in [0.717, 1.165) is 17.9 Å². The first-order valence-corrected chi connectivity index (χ1v) is 6.79. The Morgan fingerprint density at radius 3 is 2.83 bits per heavy atom. The number of imidazole rings is 1. The number of rotatable bonds is 3. The molecule has 1 saturated carbocycles. The summed E-state index contributed by atoms with van der Waals surface area (Å²) in [6.07, 6.45) is 5.26. The highest BCUT2D eigenvalue weighted by molar-refractivity contribution is 5.42. The van der Waals surface area contributed by atoms with Crippen LogP contribution in [0.4, 0.5) is 0 Å². The molecule has 0 bridgehead atoms. The molecule has 0 aliphatic heterocycles. The van der Waals surface area contributed by atoms with E-state index in [1.54, 1.807) is 0 Å². The first-order valence-electron chi connectivity index (χ1n) is 6.79. The third-order valence-electron chi connectivity index (χ3n) is 3.91. The monoisotopic (exact) mass is 244 g/mol. The van der Waals surface area contributed by atoms with Gasteiger partial charge < -0.3 is 5.32 Å². The molecule has 4 nitrogen and oxygen atoms in total. The minimum Gasteiger partial charge on any atom is -0.314 e. The molecule has 2 aromatic rings. The summed E-state index contributed by atoms with van der Waals surface area (Å²) in [4.78, 5) is 4.56. The lowest BCUT2D eigenvalue weighted by Crippen LogP contribution is -2.11. The van der Waals surface area contributed by atoms with Gasteiger partial charge in [-0.25, -0.2) is 9.50 Å². The average Bonchev–Trinajstić information content (AvgIpc) is 2.98. The highest BCUT2D eigenvalue weighted by atomic mass is 15.3. The van der Waals surface area contributed by atoms with E-state index in [-0.39, 0.29) is 0 Å². The lowest BCUT2D eigenvalue weighted by atomic mass is 10.0. The number of aromatic nitrogens is 3. The molecule has 0 saturated heterocycles. The Kier molecular flexibility index (Phi) is 3.04. The van der Waals surface area contributed by atoms with E-state index >= 15 is 0 Å². The van der Waals surface area contributed by atoms with E-state index in [4.69, 9.17) is 5.10 Å². The van der Waals surface area contributed by atoms with Gasteiger partial charge in [0, 0.05) is 12.5 Å². The van der Waals surface area contributed by atoms with E-state index < -0.39 is 0 Å². The molecule has 2 aromatic heterocycles. The SMILES string of the molecule is CNCc1c(C)nc2ccc(C3CCCC3)nn12. The molecular formula is C14H20N4. The number of nitrogens with one attached hydrogen (secondary N) is 1. The van der Waals surface area contributed by atoms with Crippen LogP contribution < -0.4 is 5.32 Å². The summed E-state index contributed by atoms with van der Waals surface area (Å²) in [6, 6.07) is 4.26. The van der Waals surface area contributed by atoms with Crippen LogP contribution in [0, 0.1) is 6.92 Å². The molecule has 0 aromatic carbocycles. The van der Waals surface area contributed by atoms with E-state index in [1.165, 1.54) is 37.1 Å². The highest BCUT2D eigenvalue weighted by Gasteiger charge is 2.19. The van der Waals surface area contributed by atoms with E-state index in [2.05, 4.69) is 29.4 Å². The van der Waals surface area contributed by atoms with Gasteiger partial charge in [-0.2, -0.15) is 5.10 Å². The molecule has 1 aliphatic rings. The van der Waals surface area contributed by atoms with Crippen molar-refractivity contribution in [1.29, 1.82) is 0 Å². The fraction of sp³-hybridized carbons (Fsp3) is 0.571. The van der Waals surface area contributed by atoms with Crippen LogP contribution in [-0.2, 0) is 6.54 Å². The molecule has 1 fully saturated rings. The van der Waals surface area contributed by atoms with Gasteiger partial charge in [-0.15, -0.1) is 0 Å². The van der Waals surface area contributed by atoms with Crippen LogP contribution in [0.1, 0.15) is 48.7 Å². The zero-order valence-electron chi connectivity index (χ0n) is 11.1. The summed E-state index contributed by atoms with van der Waals surface area (Å²) in [5, 5.41) is 8.00. The van der Waals surface area contributed by atoms with Gasteiger partial charge in [0.2, 0.25) is 0 Å². The van der Waals surface area contributed by atoms with Crippen molar-refractivity contribution in [2.45, 2.75) is 45.1 Å². The molecule has 1 aliphatic carbocycles. The number of hydrogen-bond acceptors (Lipinski definition) is 3. The maximum absolute atomic E-state index is 4.81. The van der Waals surface area contributed by atoms with Crippen molar-refractivity contribution in [3.63, 3.8) is 0 Å². The first kappa shape index (κ1) is 11.7. The van der Waals surface area contributed by atoms with Crippen molar-refractivity contribution in [1.82, 2.24) is 19.9 Å². The third kappa shape index (κ3) is 1.90. The lowest BCUT2D eigenvalue weighted by Gasteiger charge is -2.09. The van der Waals surface area contributed by atoms with E-state index in [1.807, 2.05) is 11.6 Å². The van der Waals surface area contributed by atoms with Crippen LogP contribution in [0.25, 0.3) is 5.65 Å². The minimum atomic E-state index is 0.652. The molecule has 4 heteroatoms. The first-order chi connectivity index (χ1) is 8.79. The Balaban J connectivity index is 2.06. The Morgan fingerprint density at radius 2 is 2.11 bits per heavy atom. The van der Waals surface area contributed by atoms with Gasteiger partial charge in [-0.3, -0.25) is 0 Å². The van der Waals surface area contributed by atoms with Gasteiger partial charge in [-0.05, 0) is 38.9 Å². The predicted molar refractivity (Wildman–Crippen MR) is 71.7 cm³/mol. The molecule has 0 unspecified atom stereocenters. The molecule has 0 amide bonds.